The summed E-state index contributed by atoms with van der Waals surface area (Å²) in [7, 11) is 2.23. The molecule has 3 heteroatoms. The predicted octanol–water partition coefficient (Wildman–Crippen LogP) is 2.38. The monoisotopic (exact) mass is 269 g/mol. The van der Waals surface area contributed by atoms with Gasteiger partial charge in [-0.3, -0.25) is 4.90 Å². The van der Waals surface area contributed by atoms with Crippen LogP contribution >= 0.6 is 0 Å². The minimum Gasteiger partial charge on any atom is -0.304 e. The summed E-state index contributed by atoms with van der Waals surface area (Å²) in [6.45, 7) is 19.1. The van der Waals surface area contributed by atoms with Gasteiger partial charge < -0.3 is 9.80 Å². The summed E-state index contributed by atoms with van der Waals surface area (Å²) in [5.74, 6) is 0.790. The molecule has 1 aliphatic rings. The Kier molecular flexibility index (Phi) is 7.33. The zero-order valence-electron chi connectivity index (χ0n) is 14.0. The molecule has 0 amide bonds. The summed E-state index contributed by atoms with van der Waals surface area (Å²) in [6.07, 6.45) is 1.29. The second kappa shape index (κ2) is 8.23. The van der Waals surface area contributed by atoms with Crippen molar-refractivity contribution >= 4 is 0 Å². The number of nitrogens with zero attached hydrogens (tertiary/aromatic N) is 3. The average molecular weight is 269 g/mol. The summed E-state index contributed by atoms with van der Waals surface area (Å²) >= 11 is 0. The Morgan fingerprint density at radius 3 is 2.37 bits per heavy atom. The number of hydrogen-bond donors (Lipinski definition) is 0. The van der Waals surface area contributed by atoms with Crippen LogP contribution in [0.15, 0.2) is 0 Å². The van der Waals surface area contributed by atoms with Crippen LogP contribution in [0.25, 0.3) is 0 Å². The molecule has 0 N–H and O–H groups in total. The lowest BCUT2D eigenvalue weighted by Gasteiger charge is -2.40. The molecular formula is C16H35N3. The summed E-state index contributed by atoms with van der Waals surface area (Å²) in [6, 6.07) is 1.39. The molecule has 19 heavy (non-hydrogen) atoms. The van der Waals surface area contributed by atoms with Crippen LogP contribution in [0.2, 0.25) is 0 Å². The first-order chi connectivity index (χ1) is 8.90. The molecular weight excluding hydrogens is 234 g/mol. The smallest absolute Gasteiger partial charge is 0.0195 e. The van der Waals surface area contributed by atoms with Crippen LogP contribution < -0.4 is 0 Å². The van der Waals surface area contributed by atoms with E-state index >= 15 is 0 Å². The van der Waals surface area contributed by atoms with Crippen LogP contribution in [0.1, 0.15) is 41.0 Å². The summed E-state index contributed by atoms with van der Waals surface area (Å²) in [4.78, 5) is 7.75. The van der Waals surface area contributed by atoms with Gasteiger partial charge >= 0.3 is 0 Å². The number of piperazine rings is 1. The highest BCUT2D eigenvalue weighted by Crippen LogP contribution is 2.12. The maximum atomic E-state index is 2.67. The van der Waals surface area contributed by atoms with Crippen LogP contribution in [0, 0.1) is 5.92 Å². The molecule has 114 valence electrons. The van der Waals surface area contributed by atoms with Crippen LogP contribution in [-0.4, -0.2) is 73.1 Å². The van der Waals surface area contributed by atoms with Gasteiger partial charge in [-0.2, -0.15) is 0 Å². The molecule has 0 aromatic rings. The zero-order valence-corrected chi connectivity index (χ0v) is 14.0. The Bertz CT molecular complexity index is 240. The second-order valence-corrected chi connectivity index (χ2v) is 6.97. The molecule has 0 saturated carbocycles. The molecule has 1 saturated heterocycles. The van der Waals surface area contributed by atoms with E-state index in [1.807, 2.05) is 0 Å². The summed E-state index contributed by atoms with van der Waals surface area (Å²) < 4.78 is 0. The fourth-order valence-corrected chi connectivity index (χ4v) is 2.87. The van der Waals surface area contributed by atoms with Gasteiger partial charge in [-0.05, 0) is 53.2 Å². The van der Waals surface area contributed by atoms with Crippen LogP contribution in [0.5, 0.6) is 0 Å². The van der Waals surface area contributed by atoms with Crippen molar-refractivity contribution in [1.82, 2.24) is 14.7 Å². The Balaban J connectivity index is 2.22. The minimum absolute atomic E-state index is 0.667. The molecule has 1 heterocycles. The van der Waals surface area contributed by atoms with Crippen molar-refractivity contribution in [3.8, 4) is 0 Å². The van der Waals surface area contributed by atoms with Gasteiger partial charge in [-0.1, -0.05) is 13.8 Å². The predicted molar refractivity (Wildman–Crippen MR) is 84.7 cm³/mol. The zero-order chi connectivity index (χ0) is 14.4. The molecule has 3 nitrogen and oxygen atoms in total. The van der Waals surface area contributed by atoms with Crippen LogP contribution in [0.3, 0.4) is 0 Å². The van der Waals surface area contributed by atoms with Gasteiger partial charge in [0.25, 0.3) is 0 Å². The molecule has 0 radical (unpaired) electrons. The lowest BCUT2D eigenvalue weighted by molar-refractivity contribution is 0.0727. The van der Waals surface area contributed by atoms with E-state index in [1.54, 1.807) is 0 Å². The van der Waals surface area contributed by atoms with Gasteiger partial charge in [0.05, 0.1) is 0 Å². The van der Waals surface area contributed by atoms with E-state index in [9.17, 15) is 0 Å². The van der Waals surface area contributed by atoms with Gasteiger partial charge in [0.1, 0.15) is 0 Å². The summed E-state index contributed by atoms with van der Waals surface area (Å²) in [5.41, 5.74) is 0. The molecule has 0 aromatic heterocycles. The van der Waals surface area contributed by atoms with E-state index in [0.717, 1.165) is 12.0 Å². The SMILES string of the molecule is CC(C)CN1CCN(CCCN(C)C(C)C)[C@H](C)C1. The first kappa shape index (κ1) is 16.9. The number of hydrogen-bond acceptors (Lipinski definition) is 3. The third-order valence-corrected chi connectivity index (χ3v) is 4.31. The lowest BCUT2D eigenvalue weighted by atomic mass is 10.1. The molecule has 1 aliphatic heterocycles. The first-order valence-corrected chi connectivity index (χ1v) is 8.06. The van der Waals surface area contributed by atoms with Crippen molar-refractivity contribution in [1.29, 1.82) is 0 Å². The molecule has 0 bridgehead atoms. The van der Waals surface area contributed by atoms with Crippen molar-refractivity contribution in [2.75, 3.05) is 46.3 Å². The highest BCUT2D eigenvalue weighted by Gasteiger charge is 2.23. The van der Waals surface area contributed by atoms with E-state index in [1.165, 1.54) is 45.7 Å². The molecule has 1 rings (SSSR count). The van der Waals surface area contributed by atoms with Crippen molar-refractivity contribution in [2.45, 2.75) is 53.1 Å². The molecule has 0 unspecified atom stereocenters. The minimum atomic E-state index is 0.667. The van der Waals surface area contributed by atoms with E-state index in [4.69, 9.17) is 0 Å². The Morgan fingerprint density at radius 2 is 1.84 bits per heavy atom. The molecule has 0 spiro atoms. The largest absolute Gasteiger partial charge is 0.304 e. The normalized spacial score (nSPS) is 22.9. The Morgan fingerprint density at radius 1 is 1.16 bits per heavy atom. The highest BCUT2D eigenvalue weighted by atomic mass is 15.3. The van der Waals surface area contributed by atoms with Gasteiger partial charge in [0, 0.05) is 38.3 Å². The molecule has 0 aliphatic carbocycles. The topological polar surface area (TPSA) is 9.72 Å². The van der Waals surface area contributed by atoms with Gasteiger partial charge in [-0.15, -0.1) is 0 Å². The van der Waals surface area contributed by atoms with Crippen molar-refractivity contribution < 1.29 is 0 Å². The van der Waals surface area contributed by atoms with Gasteiger partial charge in [0.2, 0.25) is 0 Å². The maximum Gasteiger partial charge on any atom is 0.0195 e. The Labute approximate surface area is 120 Å². The summed E-state index contributed by atoms with van der Waals surface area (Å²) in [5, 5.41) is 0. The quantitative estimate of drug-likeness (QED) is 0.702. The fourth-order valence-electron chi connectivity index (χ4n) is 2.87. The van der Waals surface area contributed by atoms with E-state index in [2.05, 4.69) is 56.4 Å². The molecule has 1 fully saturated rings. The van der Waals surface area contributed by atoms with Gasteiger partial charge in [-0.25, -0.2) is 0 Å². The second-order valence-electron chi connectivity index (χ2n) is 6.97. The highest BCUT2D eigenvalue weighted by molar-refractivity contribution is 4.79. The maximum absolute atomic E-state index is 2.67. The Hall–Kier alpha value is -0.120. The van der Waals surface area contributed by atoms with Crippen molar-refractivity contribution in [2.24, 2.45) is 5.92 Å². The molecule has 0 aromatic carbocycles. The third kappa shape index (κ3) is 6.24. The van der Waals surface area contributed by atoms with E-state index < -0.39 is 0 Å². The van der Waals surface area contributed by atoms with E-state index in [-0.39, 0.29) is 0 Å². The standard InChI is InChI=1S/C16H35N3/c1-14(2)12-18-10-11-19(16(5)13-18)9-7-8-17(6)15(3)4/h14-16H,7-13H2,1-6H3/t16-/m1/s1. The number of rotatable bonds is 7. The average Bonchev–Trinajstić information content (AvgIpc) is 2.30. The van der Waals surface area contributed by atoms with Crippen LogP contribution in [-0.2, 0) is 0 Å². The first-order valence-electron chi connectivity index (χ1n) is 8.06. The third-order valence-electron chi connectivity index (χ3n) is 4.31. The van der Waals surface area contributed by atoms with Gasteiger partial charge in [0.15, 0.2) is 0 Å². The van der Waals surface area contributed by atoms with Crippen LogP contribution in [0.4, 0.5) is 0 Å². The van der Waals surface area contributed by atoms with Crippen molar-refractivity contribution in [3.05, 3.63) is 0 Å². The lowest BCUT2D eigenvalue weighted by Crippen LogP contribution is -2.52. The fraction of sp³-hybridized carbons (Fsp3) is 1.00. The van der Waals surface area contributed by atoms with E-state index in [0.29, 0.717) is 6.04 Å². The van der Waals surface area contributed by atoms with Crippen molar-refractivity contribution in [3.63, 3.8) is 0 Å². The molecule has 1 atom stereocenters.